The normalized spacial score (nSPS) is 15.3. The first-order valence-corrected chi connectivity index (χ1v) is 10.6. The van der Waals surface area contributed by atoms with Gasteiger partial charge in [0, 0.05) is 42.8 Å². The van der Waals surface area contributed by atoms with Crippen LogP contribution in [0.25, 0.3) is 11.3 Å². The van der Waals surface area contributed by atoms with Crippen molar-refractivity contribution in [2.75, 3.05) is 38.0 Å². The molecular weight excluding hydrogens is 406 g/mol. The molecule has 1 aliphatic rings. The second kappa shape index (κ2) is 9.42. The molecule has 1 aliphatic heterocycles. The number of benzene rings is 2. The highest BCUT2D eigenvalue weighted by molar-refractivity contribution is 7.09. The Labute approximate surface area is 178 Å². The molecule has 1 fully saturated rings. The lowest BCUT2D eigenvalue weighted by molar-refractivity contribution is -0.117. The molecule has 0 aliphatic carbocycles. The molecule has 2 aromatic carbocycles. The van der Waals surface area contributed by atoms with Gasteiger partial charge in [-0.2, -0.15) is 0 Å². The van der Waals surface area contributed by atoms with E-state index in [4.69, 9.17) is 0 Å². The molecule has 0 unspecified atom stereocenters. The van der Waals surface area contributed by atoms with E-state index in [-0.39, 0.29) is 24.1 Å². The van der Waals surface area contributed by atoms with Crippen molar-refractivity contribution in [1.82, 2.24) is 14.8 Å². The average Bonchev–Trinajstić information content (AvgIpc) is 3.18. The van der Waals surface area contributed by atoms with E-state index in [0.717, 1.165) is 49.0 Å². The van der Waals surface area contributed by atoms with Crippen LogP contribution in [0, 0.1) is 11.6 Å². The summed E-state index contributed by atoms with van der Waals surface area (Å²) in [5.74, 6) is -0.763. The zero-order valence-corrected chi connectivity index (χ0v) is 17.2. The number of nitrogens with one attached hydrogen (secondary N) is 1. The van der Waals surface area contributed by atoms with Gasteiger partial charge < -0.3 is 5.32 Å². The monoisotopic (exact) mass is 428 g/mol. The summed E-state index contributed by atoms with van der Waals surface area (Å²) < 4.78 is 26.3. The summed E-state index contributed by atoms with van der Waals surface area (Å²) in [4.78, 5) is 21.3. The van der Waals surface area contributed by atoms with Crippen LogP contribution in [0.2, 0.25) is 0 Å². The minimum atomic E-state index is -0.369. The summed E-state index contributed by atoms with van der Waals surface area (Å²) in [5, 5.41) is 5.75. The minimum absolute atomic E-state index is 0.141. The molecule has 2 heterocycles. The van der Waals surface area contributed by atoms with Gasteiger partial charge in [-0.1, -0.05) is 6.07 Å². The first-order chi connectivity index (χ1) is 14.5. The summed E-state index contributed by atoms with van der Waals surface area (Å²) in [6.07, 6.45) is 0. The number of anilines is 1. The number of piperazine rings is 1. The lowest BCUT2D eigenvalue weighted by Crippen LogP contribution is -2.48. The third-order valence-electron chi connectivity index (χ3n) is 4.99. The predicted octanol–water partition coefficient (Wildman–Crippen LogP) is 3.84. The van der Waals surface area contributed by atoms with Crippen LogP contribution in [0.5, 0.6) is 0 Å². The minimum Gasteiger partial charge on any atom is -0.325 e. The molecule has 0 atom stereocenters. The molecule has 1 amide bonds. The fourth-order valence-corrected chi connectivity index (χ4v) is 4.25. The maximum Gasteiger partial charge on any atom is 0.238 e. The molecule has 3 aromatic rings. The van der Waals surface area contributed by atoms with E-state index in [1.54, 1.807) is 35.6 Å². The Kier molecular flexibility index (Phi) is 6.47. The zero-order valence-electron chi connectivity index (χ0n) is 16.4. The second-order valence-corrected chi connectivity index (χ2v) is 8.19. The van der Waals surface area contributed by atoms with E-state index in [0.29, 0.717) is 5.69 Å². The summed E-state index contributed by atoms with van der Waals surface area (Å²) in [6, 6.07) is 12.3. The Morgan fingerprint density at radius 2 is 1.73 bits per heavy atom. The van der Waals surface area contributed by atoms with Crippen molar-refractivity contribution >= 4 is 22.9 Å². The first kappa shape index (κ1) is 20.6. The smallest absolute Gasteiger partial charge is 0.238 e. The van der Waals surface area contributed by atoms with Gasteiger partial charge in [-0.25, -0.2) is 13.8 Å². The summed E-state index contributed by atoms with van der Waals surface area (Å²) in [5.41, 5.74) is 2.25. The van der Waals surface area contributed by atoms with Crippen LogP contribution in [-0.4, -0.2) is 53.4 Å². The maximum absolute atomic E-state index is 13.2. The van der Waals surface area contributed by atoms with Crippen molar-refractivity contribution in [3.8, 4) is 11.3 Å². The molecule has 156 valence electrons. The van der Waals surface area contributed by atoms with Crippen LogP contribution >= 0.6 is 11.3 Å². The van der Waals surface area contributed by atoms with E-state index < -0.39 is 0 Å². The Hall–Kier alpha value is -2.68. The molecule has 0 spiro atoms. The maximum atomic E-state index is 13.2. The quantitative estimate of drug-likeness (QED) is 0.648. The molecule has 0 saturated carbocycles. The number of aromatic nitrogens is 1. The van der Waals surface area contributed by atoms with Crippen LogP contribution in [0.1, 0.15) is 5.01 Å². The largest absolute Gasteiger partial charge is 0.325 e. The van der Waals surface area contributed by atoms with Gasteiger partial charge >= 0.3 is 0 Å². The van der Waals surface area contributed by atoms with Gasteiger partial charge in [0.2, 0.25) is 5.91 Å². The molecular formula is C22H22F2N4OS. The van der Waals surface area contributed by atoms with Crippen LogP contribution in [0.4, 0.5) is 14.5 Å². The highest BCUT2D eigenvalue weighted by Crippen LogP contribution is 2.23. The van der Waals surface area contributed by atoms with Crippen molar-refractivity contribution in [3.05, 3.63) is 70.6 Å². The summed E-state index contributed by atoms with van der Waals surface area (Å²) >= 11 is 1.60. The summed E-state index contributed by atoms with van der Waals surface area (Å²) in [6.45, 7) is 4.31. The fourth-order valence-electron chi connectivity index (χ4n) is 3.40. The molecule has 30 heavy (non-hydrogen) atoms. The van der Waals surface area contributed by atoms with Gasteiger partial charge in [0.1, 0.15) is 16.6 Å². The Morgan fingerprint density at radius 1 is 1.00 bits per heavy atom. The number of carbonyl (C=O) groups is 1. The van der Waals surface area contributed by atoms with Crippen LogP contribution in [-0.2, 0) is 11.3 Å². The molecule has 5 nitrogen and oxygen atoms in total. The van der Waals surface area contributed by atoms with Gasteiger partial charge in [-0.05, 0) is 42.5 Å². The number of thiazole rings is 1. The van der Waals surface area contributed by atoms with Gasteiger partial charge in [-0.15, -0.1) is 11.3 Å². The Bertz CT molecular complexity index is 1000. The fraction of sp³-hybridized carbons (Fsp3) is 0.273. The third kappa shape index (κ3) is 5.47. The van der Waals surface area contributed by atoms with E-state index >= 15 is 0 Å². The van der Waals surface area contributed by atoms with Gasteiger partial charge in [0.05, 0.1) is 18.8 Å². The van der Waals surface area contributed by atoms with E-state index in [2.05, 4.69) is 20.1 Å². The number of hydrogen-bond donors (Lipinski definition) is 1. The van der Waals surface area contributed by atoms with Crippen molar-refractivity contribution in [1.29, 1.82) is 0 Å². The highest BCUT2D eigenvalue weighted by atomic mass is 32.1. The van der Waals surface area contributed by atoms with E-state index in [1.807, 2.05) is 5.38 Å². The van der Waals surface area contributed by atoms with Gasteiger partial charge in [0.25, 0.3) is 0 Å². The number of hydrogen-bond acceptors (Lipinski definition) is 5. The molecule has 0 bridgehead atoms. The number of amides is 1. The lowest BCUT2D eigenvalue weighted by Gasteiger charge is -2.33. The van der Waals surface area contributed by atoms with Crippen molar-refractivity contribution in [3.63, 3.8) is 0 Å². The highest BCUT2D eigenvalue weighted by Gasteiger charge is 2.20. The predicted molar refractivity (Wildman–Crippen MR) is 114 cm³/mol. The number of nitrogens with zero attached hydrogens (tertiary/aromatic N) is 3. The molecule has 1 aromatic heterocycles. The molecule has 8 heteroatoms. The van der Waals surface area contributed by atoms with Crippen LogP contribution in [0.3, 0.4) is 0 Å². The van der Waals surface area contributed by atoms with E-state index in [9.17, 15) is 13.6 Å². The van der Waals surface area contributed by atoms with Crippen molar-refractivity contribution in [2.24, 2.45) is 0 Å². The molecule has 1 saturated heterocycles. The van der Waals surface area contributed by atoms with E-state index in [1.165, 1.54) is 24.3 Å². The average molecular weight is 429 g/mol. The third-order valence-corrected chi connectivity index (χ3v) is 5.82. The number of carbonyl (C=O) groups excluding carboxylic acids is 1. The molecule has 1 N–H and O–H groups in total. The topological polar surface area (TPSA) is 48.5 Å². The van der Waals surface area contributed by atoms with Crippen LogP contribution < -0.4 is 5.32 Å². The van der Waals surface area contributed by atoms with Crippen molar-refractivity contribution < 1.29 is 13.6 Å². The van der Waals surface area contributed by atoms with Crippen molar-refractivity contribution in [2.45, 2.75) is 6.54 Å². The molecule has 4 rings (SSSR count). The number of halogens is 2. The SMILES string of the molecule is O=C(CN1CCN(Cc2nc(-c3ccc(F)cc3)cs2)CC1)Nc1cccc(F)c1. The second-order valence-electron chi connectivity index (χ2n) is 7.24. The number of rotatable bonds is 6. The van der Waals surface area contributed by atoms with Gasteiger partial charge in [0.15, 0.2) is 0 Å². The molecule has 0 radical (unpaired) electrons. The Morgan fingerprint density at radius 3 is 2.47 bits per heavy atom. The first-order valence-electron chi connectivity index (χ1n) is 9.76. The Balaban J connectivity index is 1.24. The van der Waals surface area contributed by atoms with Crippen LogP contribution in [0.15, 0.2) is 53.9 Å². The summed E-state index contributed by atoms with van der Waals surface area (Å²) in [7, 11) is 0. The standard InChI is InChI=1S/C22H22F2N4OS/c23-17-6-4-16(5-7-17)20-15-30-22(26-20)14-28-10-8-27(9-11-28)13-21(29)25-19-3-1-2-18(24)12-19/h1-7,12,15H,8-11,13-14H2,(H,25,29). The van der Waals surface area contributed by atoms with Gasteiger partial charge in [-0.3, -0.25) is 14.6 Å². The lowest BCUT2D eigenvalue weighted by atomic mass is 10.2. The zero-order chi connectivity index (χ0) is 20.9.